The summed E-state index contributed by atoms with van der Waals surface area (Å²) in [5.74, 6) is 0.835. The van der Waals surface area contributed by atoms with E-state index in [4.69, 9.17) is 4.74 Å². The molecule has 0 aliphatic heterocycles. The molecule has 0 aliphatic carbocycles. The molecule has 0 aromatic heterocycles. The molecule has 2 aromatic rings. The van der Waals surface area contributed by atoms with Crippen LogP contribution in [0.4, 0.5) is 5.69 Å². The summed E-state index contributed by atoms with van der Waals surface area (Å²) in [5, 5.41) is 4.35. The number of nitrogens with zero attached hydrogens (tertiary/aromatic N) is 1. The minimum absolute atomic E-state index is 0.835. The van der Waals surface area contributed by atoms with Crippen LogP contribution >= 0.6 is 0 Å². The Balaban J connectivity index is 2.12. The van der Waals surface area contributed by atoms with E-state index in [1.807, 2.05) is 61.5 Å². The molecule has 0 amide bonds. The maximum absolute atomic E-state index is 5.19. The van der Waals surface area contributed by atoms with E-state index >= 15 is 0 Å². The summed E-state index contributed by atoms with van der Waals surface area (Å²) in [6.07, 6.45) is 0. The fraction of sp³-hybridized carbons (Fsp3) is 0.133. The molecular weight excluding hydrogens is 224 g/mol. The molecule has 0 heterocycles. The van der Waals surface area contributed by atoms with Crippen LogP contribution in [0.15, 0.2) is 59.7 Å². The van der Waals surface area contributed by atoms with Gasteiger partial charge in [0.15, 0.2) is 0 Å². The van der Waals surface area contributed by atoms with E-state index in [-0.39, 0.29) is 0 Å². The summed E-state index contributed by atoms with van der Waals surface area (Å²) in [6, 6.07) is 17.7. The Kier molecular flexibility index (Phi) is 3.97. The zero-order valence-corrected chi connectivity index (χ0v) is 10.6. The molecule has 2 rings (SSSR count). The lowest BCUT2D eigenvalue weighted by Gasteiger charge is -2.05. The molecule has 0 radical (unpaired) electrons. The largest absolute Gasteiger partial charge is 0.497 e. The van der Waals surface area contributed by atoms with Gasteiger partial charge in [0, 0.05) is 5.56 Å². The molecule has 0 saturated heterocycles. The van der Waals surface area contributed by atoms with Crippen LogP contribution in [0, 0.1) is 0 Å². The van der Waals surface area contributed by atoms with Crippen molar-refractivity contribution in [3.05, 3.63) is 60.2 Å². The predicted molar refractivity (Wildman–Crippen MR) is 75.3 cm³/mol. The Bertz CT molecular complexity index is 535. The van der Waals surface area contributed by atoms with E-state index in [1.165, 1.54) is 0 Å². The highest BCUT2D eigenvalue weighted by Crippen LogP contribution is 2.13. The third kappa shape index (κ3) is 3.10. The predicted octanol–water partition coefficient (Wildman–Crippen LogP) is 3.53. The van der Waals surface area contributed by atoms with Crippen LogP contribution in [0.5, 0.6) is 5.75 Å². The first-order chi connectivity index (χ1) is 8.79. The maximum atomic E-state index is 5.19. The van der Waals surface area contributed by atoms with Crippen molar-refractivity contribution in [3.8, 4) is 5.75 Å². The third-order valence-electron chi connectivity index (χ3n) is 2.61. The SMILES string of the molecule is COc1cccc(/C(C)=N/Nc2ccccc2)c1. The van der Waals surface area contributed by atoms with Gasteiger partial charge >= 0.3 is 0 Å². The number of hydrazone groups is 1. The van der Waals surface area contributed by atoms with Gasteiger partial charge in [-0.1, -0.05) is 30.3 Å². The van der Waals surface area contributed by atoms with Gasteiger partial charge in [-0.2, -0.15) is 5.10 Å². The lowest BCUT2D eigenvalue weighted by molar-refractivity contribution is 0.414. The Labute approximate surface area is 107 Å². The maximum Gasteiger partial charge on any atom is 0.119 e. The number of anilines is 1. The van der Waals surface area contributed by atoms with Crippen LogP contribution in [0.3, 0.4) is 0 Å². The van der Waals surface area contributed by atoms with Crippen LogP contribution in [-0.2, 0) is 0 Å². The van der Waals surface area contributed by atoms with Gasteiger partial charge in [-0.05, 0) is 31.2 Å². The number of ether oxygens (including phenoxy) is 1. The van der Waals surface area contributed by atoms with Gasteiger partial charge in [0.1, 0.15) is 5.75 Å². The average Bonchev–Trinajstić information content (AvgIpc) is 2.46. The lowest BCUT2D eigenvalue weighted by atomic mass is 10.1. The van der Waals surface area contributed by atoms with E-state index in [0.29, 0.717) is 0 Å². The molecule has 1 N–H and O–H groups in total. The smallest absolute Gasteiger partial charge is 0.119 e. The Hall–Kier alpha value is -2.29. The Morgan fingerprint density at radius 2 is 1.83 bits per heavy atom. The van der Waals surface area contributed by atoms with E-state index in [9.17, 15) is 0 Å². The minimum atomic E-state index is 0.835. The fourth-order valence-electron chi connectivity index (χ4n) is 1.57. The number of hydrogen-bond donors (Lipinski definition) is 1. The minimum Gasteiger partial charge on any atom is -0.497 e. The fourth-order valence-corrected chi connectivity index (χ4v) is 1.57. The van der Waals surface area contributed by atoms with Crippen molar-refractivity contribution in [2.45, 2.75) is 6.92 Å². The topological polar surface area (TPSA) is 33.6 Å². The second-order valence-electron chi connectivity index (χ2n) is 3.91. The first-order valence-corrected chi connectivity index (χ1v) is 5.79. The standard InChI is InChI=1S/C15H16N2O/c1-12(13-7-6-10-15(11-13)18-2)16-17-14-8-4-3-5-9-14/h3-11,17H,1-2H3/b16-12+. The number of benzene rings is 2. The number of methoxy groups -OCH3 is 1. The van der Waals surface area contributed by atoms with Crippen molar-refractivity contribution >= 4 is 11.4 Å². The molecule has 18 heavy (non-hydrogen) atoms. The number of nitrogens with one attached hydrogen (secondary N) is 1. The zero-order valence-electron chi connectivity index (χ0n) is 10.6. The first-order valence-electron chi connectivity index (χ1n) is 5.79. The van der Waals surface area contributed by atoms with Gasteiger partial charge < -0.3 is 4.74 Å². The second kappa shape index (κ2) is 5.87. The molecule has 0 bridgehead atoms. The van der Waals surface area contributed by atoms with Gasteiger partial charge in [0.25, 0.3) is 0 Å². The van der Waals surface area contributed by atoms with Crippen molar-refractivity contribution in [1.29, 1.82) is 0 Å². The molecule has 0 fully saturated rings. The van der Waals surface area contributed by atoms with Gasteiger partial charge in [-0.25, -0.2) is 0 Å². The highest BCUT2D eigenvalue weighted by molar-refractivity contribution is 5.99. The molecule has 0 atom stereocenters. The van der Waals surface area contributed by atoms with Crippen molar-refractivity contribution in [2.24, 2.45) is 5.10 Å². The molecular formula is C15H16N2O. The molecule has 0 spiro atoms. The molecule has 0 aliphatic rings. The van der Waals surface area contributed by atoms with Crippen molar-refractivity contribution < 1.29 is 4.74 Å². The summed E-state index contributed by atoms with van der Waals surface area (Å²) in [6.45, 7) is 1.96. The monoisotopic (exact) mass is 240 g/mol. The Morgan fingerprint density at radius 3 is 2.56 bits per heavy atom. The van der Waals surface area contributed by atoms with Crippen LogP contribution in [-0.4, -0.2) is 12.8 Å². The third-order valence-corrected chi connectivity index (χ3v) is 2.61. The van der Waals surface area contributed by atoms with Crippen molar-refractivity contribution in [1.82, 2.24) is 0 Å². The molecule has 92 valence electrons. The molecule has 3 nitrogen and oxygen atoms in total. The van der Waals surface area contributed by atoms with E-state index in [1.54, 1.807) is 7.11 Å². The molecule has 2 aromatic carbocycles. The second-order valence-corrected chi connectivity index (χ2v) is 3.91. The zero-order chi connectivity index (χ0) is 12.8. The van der Waals surface area contributed by atoms with Crippen molar-refractivity contribution in [3.63, 3.8) is 0 Å². The molecule has 0 unspecified atom stereocenters. The van der Waals surface area contributed by atoms with Crippen molar-refractivity contribution in [2.75, 3.05) is 12.5 Å². The van der Waals surface area contributed by atoms with Crippen LogP contribution < -0.4 is 10.2 Å². The van der Waals surface area contributed by atoms with Gasteiger partial charge in [-0.3, -0.25) is 5.43 Å². The first kappa shape index (κ1) is 12.2. The normalized spacial score (nSPS) is 11.1. The summed E-state index contributed by atoms with van der Waals surface area (Å²) >= 11 is 0. The summed E-state index contributed by atoms with van der Waals surface area (Å²) in [5.41, 5.74) is 5.95. The van der Waals surface area contributed by atoms with Gasteiger partial charge in [0.2, 0.25) is 0 Å². The highest BCUT2D eigenvalue weighted by Gasteiger charge is 1.99. The van der Waals surface area contributed by atoms with Gasteiger partial charge in [0.05, 0.1) is 18.5 Å². The lowest BCUT2D eigenvalue weighted by Crippen LogP contribution is -1.99. The van der Waals surface area contributed by atoms with Crippen LogP contribution in [0.2, 0.25) is 0 Å². The van der Waals surface area contributed by atoms with E-state index < -0.39 is 0 Å². The molecule has 3 heteroatoms. The molecule has 0 saturated carbocycles. The number of hydrogen-bond acceptors (Lipinski definition) is 3. The van der Waals surface area contributed by atoms with Gasteiger partial charge in [-0.15, -0.1) is 0 Å². The average molecular weight is 240 g/mol. The Morgan fingerprint density at radius 1 is 1.06 bits per heavy atom. The van der Waals surface area contributed by atoms with Crippen LogP contribution in [0.1, 0.15) is 12.5 Å². The number of para-hydroxylation sites is 1. The van der Waals surface area contributed by atoms with E-state index in [0.717, 1.165) is 22.7 Å². The highest BCUT2D eigenvalue weighted by atomic mass is 16.5. The van der Waals surface area contributed by atoms with E-state index in [2.05, 4.69) is 10.5 Å². The summed E-state index contributed by atoms with van der Waals surface area (Å²) < 4.78 is 5.19. The summed E-state index contributed by atoms with van der Waals surface area (Å²) in [4.78, 5) is 0. The number of rotatable bonds is 4. The quantitative estimate of drug-likeness (QED) is 0.655. The van der Waals surface area contributed by atoms with Crippen LogP contribution in [0.25, 0.3) is 0 Å². The summed E-state index contributed by atoms with van der Waals surface area (Å²) in [7, 11) is 1.66.